The van der Waals surface area contributed by atoms with Crippen LogP contribution in [0.5, 0.6) is 0 Å². The van der Waals surface area contributed by atoms with E-state index in [-0.39, 0.29) is 11.8 Å². The molecule has 1 aromatic rings. The molecule has 4 nitrogen and oxygen atoms in total. The molecule has 0 aromatic heterocycles. The van der Waals surface area contributed by atoms with Crippen molar-refractivity contribution in [2.24, 2.45) is 5.92 Å². The van der Waals surface area contributed by atoms with Gasteiger partial charge in [0.15, 0.2) is 9.84 Å². The van der Waals surface area contributed by atoms with E-state index in [2.05, 4.69) is 0 Å². The van der Waals surface area contributed by atoms with Gasteiger partial charge in [-0.05, 0) is 31.4 Å². The van der Waals surface area contributed by atoms with E-state index in [4.69, 9.17) is 0 Å². The Kier molecular flexibility index (Phi) is 4.52. The molecular formula is C17H23NO3S. The number of hydrogen-bond donors (Lipinski definition) is 0. The van der Waals surface area contributed by atoms with Crippen LogP contribution in [0.4, 0.5) is 0 Å². The van der Waals surface area contributed by atoms with Crippen molar-refractivity contribution in [1.29, 1.82) is 0 Å². The van der Waals surface area contributed by atoms with Gasteiger partial charge in [0.25, 0.3) is 0 Å². The minimum absolute atomic E-state index is 0.118. The summed E-state index contributed by atoms with van der Waals surface area (Å²) in [6, 6.07) is 8.58. The highest BCUT2D eigenvalue weighted by molar-refractivity contribution is 7.92. The number of rotatable bonds is 3. The van der Waals surface area contributed by atoms with Crippen LogP contribution in [0.1, 0.15) is 38.5 Å². The number of amides is 1. The van der Waals surface area contributed by atoms with Crippen molar-refractivity contribution in [1.82, 2.24) is 4.90 Å². The molecule has 2 aliphatic rings. The van der Waals surface area contributed by atoms with E-state index in [0.717, 1.165) is 25.7 Å². The zero-order valence-corrected chi connectivity index (χ0v) is 13.6. The van der Waals surface area contributed by atoms with E-state index in [1.54, 1.807) is 29.2 Å². The monoisotopic (exact) mass is 321 g/mol. The van der Waals surface area contributed by atoms with Crippen molar-refractivity contribution in [3.8, 4) is 0 Å². The Hall–Kier alpha value is -1.36. The second kappa shape index (κ2) is 6.41. The Balaban J connectivity index is 1.68. The number of carbonyl (C=O) groups excluding carboxylic acids is 1. The number of benzene rings is 1. The highest BCUT2D eigenvalue weighted by Gasteiger charge is 2.37. The summed E-state index contributed by atoms with van der Waals surface area (Å²) in [4.78, 5) is 14.7. The molecule has 1 saturated carbocycles. The highest BCUT2D eigenvalue weighted by Crippen LogP contribution is 2.29. The first kappa shape index (κ1) is 15.5. The molecule has 1 aromatic carbocycles. The van der Waals surface area contributed by atoms with Crippen molar-refractivity contribution >= 4 is 15.7 Å². The molecule has 0 N–H and O–H groups in total. The molecule has 1 unspecified atom stereocenters. The zero-order valence-electron chi connectivity index (χ0n) is 12.8. The second-order valence-corrected chi connectivity index (χ2v) is 8.62. The van der Waals surface area contributed by atoms with Crippen LogP contribution in [-0.4, -0.2) is 37.6 Å². The summed E-state index contributed by atoms with van der Waals surface area (Å²) < 4.78 is 25.3. The van der Waals surface area contributed by atoms with Gasteiger partial charge >= 0.3 is 0 Å². The van der Waals surface area contributed by atoms with Gasteiger partial charge in [-0.2, -0.15) is 0 Å². The third kappa shape index (κ3) is 3.05. The van der Waals surface area contributed by atoms with Crippen LogP contribution in [0.2, 0.25) is 0 Å². The molecule has 0 radical (unpaired) electrons. The average molecular weight is 321 g/mol. The smallest absolute Gasteiger partial charge is 0.225 e. The predicted molar refractivity (Wildman–Crippen MR) is 85.2 cm³/mol. The Morgan fingerprint density at radius 3 is 2.36 bits per heavy atom. The number of carbonyl (C=O) groups is 1. The second-order valence-electron chi connectivity index (χ2n) is 6.39. The number of hydrogen-bond acceptors (Lipinski definition) is 3. The fraction of sp³-hybridized carbons (Fsp3) is 0.588. The third-order valence-electron chi connectivity index (χ3n) is 4.92. The van der Waals surface area contributed by atoms with Gasteiger partial charge < -0.3 is 4.90 Å². The van der Waals surface area contributed by atoms with Gasteiger partial charge in [0.05, 0.1) is 10.1 Å². The molecule has 1 aliphatic heterocycles. The van der Waals surface area contributed by atoms with E-state index in [0.29, 0.717) is 24.4 Å². The van der Waals surface area contributed by atoms with E-state index >= 15 is 0 Å². The van der Waals surface area contributed by atoms with Crippen LogP contribution in [-0.2, 0) is 14.6 Å². The third-order valence-corrected chi connectivity index (χ3v) is 7.11. The van der Waals surface area contributed by atoms with Crippen LogP contribution in [0, 0.1) is 5.92 Å². The van der Waals surface area contributed by atoms with Crippen molar-refractivity contribution in [2.75, 3.05) is 13.1 Å². The first-order valence-corrected chi connectivity index (χ1v) is 9.71. The van der Waals surface area contributed by atoms with Gasteiger partial charge in [-0.15, -0.1) is 0 Å². The summed E-state index contributed by atoms with van der Waals surface area (Å²) in [6.45, 7) is 0.929. The summed E-state index contributed by atoms with van der Waals surface area (Å²) >= 11 is 0. The minimum Gasteiger partial charge on any atom is -0.341 e. The minimum atomic E-state index is -3.33. The summed E-state index contributed by atoms with van der Waals surface area (Å²) in [6.07, 6.45) is 5.94. The molecule has 3 rings (SSSR count). The molecule has 0 spiro atoms. The summed E-state index contributed by atoms with van der Waals surface area (Å²) in [7, 11) is -3.33. The normalized spacial score (nSPS) is 23.6. The fourth-order valence-corrected chi connectivity index (χ4v) is 5.31. The molecule has 1 amide bonds. The summed E-state index contributed by atoms with van der Waals surface area (Å²) in [5.74, 6) is 0.289. The van der Waals surface area contributed by atoms with Gasteiger partial charge in [0.2, 0.25) is 5.91 Å². The zero-order chi connectivity index (χ0) is 15.6. The average Bonchev–Trinajstić information content (AvgIpc) is 3.06. The van der Waals surface area contributed by atoms with E-state index < -0.39 is 15.1 Å². The maximum atomic E-state index is 12.6. The van der Waals surface area contributed by atoms with Crippen molar-refractivity contribution in [3.05, 3.63) is 30.3 Å². The summed E-state index contributed by atoms with van der Waals surface area (Å²) in [5.41, 5.74) is 0. The van der Waals surface area contributed by atoms with E-state index in [1.807, 2.05) is 6.07 Å². The Morgan fingerprint density at radius 2 is 1.68 bits per heavy atom. The van der Waals surface area contributed by atoms with Gasteiger partial charge in [-0.25, -0.2) is 8.42 Å². The van der Waals surface area contributed by atoms with Crippen LogP contribution >= 0.6 is 0 Å². The molecule has 120 valence electrons. The van der Waals surface area contributed by atoms with Gasteiger partial charge in [-0.1, -0.05) is 37.5 Å². The SMILES string of the molecule is O=C(C1CCCCC1)N1CCC(S(=O)(=O)c2ccccc2)C1. The standard InChI is InChI=1S/C17H23NO3S/c19-17(14-7-3-1-4-8-14)18-12-11-16(13-18)22(20,21)15-9-5-2-6-10-15/h2,5-6,9-10,14,16H,1,3-4,7-8,11-13H2. The number of sulfone groups is 1. The molecule has 1 saturated heterocycles. The molecule has 1 atom stereocenters. The Morgan fingerprint density at radius 1 is 1.00 bits per heavy atom. The molecule has 5 heteroatoms. The lowest BCUT2D eigenvalue weighted by molar-refractivity contribution is -0.135. The fourth-order valence-electron chi connectivity index (χ4n) is 3.59. The number of nitrogens with zero attached hydrogens (tertiary/aromatic N) is 1. The first-order valence-electron chi connectivity index (χ1n) is 8.17. The predicted octanol–water partition coefficient (Wildman–Crippen LogP) is 2.64. The van der Waals surface area contributed by atoms with E-state index in [1.165, 1.54) is 6.42 Å². The van der Waals surface area contributed by atoms with Crippen molar-refractivity contribution in [3.63, 3.8) is 0 Å². The quantitative estimate of drug-likeness (QED) is 0.860. The molecular weight excluding hydrogens is 298 g/mol. The molecule has 1 aliphatic carbocycles. The van der Waals surface area contributed by atoms with Crippen LogP contribution in [0.3, 0.4) is 0 Å². The lowest BCUT2D eigenvalue weighted by Gasteiger charge is -2.26. The van der Waals surface area contributed by atoms with Crippen molar-refractivity contribution in [2.45, 2.75) is 48.7 Å². The maximum absolute atomic E-state index is 12.6. The largest absolute Gasteiger partial charge is 0.341 e. The highest BCUT2D eigenvalue weighted by atomic mass is 32.2. The lowest BCUT2D eigenvalue weighted by Crippen LogP contribution is -2.37. The van der Waals surface area contributed by atoms with Gasteiger partial charge in [0.1, 0.15) is 0 Å². The van der Waals surface area contributed by atoms with Crippen LogP contribution < -0.4 is 0 Å². The van der Waals surface area contributed by atoms with E-state index in [9.17, 15) is 13.2 Å². The Bertz CT molecular complexity index is 621. The molecule has 22 heavy (non-hydrogen) atoms. The maximum Gasteiger partial charge on any atom is 0.225 e. The van der Waals surface area contributed by atoms with Crippen LogP contribution in [0.15, 0.2) is 35.2 Å². The molecule has 1 heterocycles. The number of likely N-dealkylation sites (tertiary alicyclic amines) is 1. The molecule has 2 fully saturated rings. The van der Waals surface area contributed by atoms with Gasteiger partial charge in [-0.3, -0.25) is 4.79 Å². The summed E-state index contributed by atoms with van der Waals surface area (Å²) in [5, 5.41) is -0.456. The first-order chi connectivity index (χ1) is 10.6. The Labute approximate surface area is 132 Å². The lowest BCUT2D eigenvalue weighted by atomic mass is 9.88. The molecule has 0 bridgehead atoms. The van der Waals surface area contributed by atoms with Gasteiger partial charge in [0, 0.05) is 19.0 Å². The van der Waals surface area contributed by atoms with Crippen LogP contribution in [0.25, 0.3) is 0 Å². The van der Waals surface area contributed by atoms with Crippen molar-refractivity contribution < 1.29 is 13.2 Å². The topological polar surface area (TPSA) is 54.5 Å².